The summed E-state index contributed by atoms with van der Waals surface area (Å²) in [5, 5.41) is 2.89. The Morgan fingerprint density at radius 3 is 2.87 bits per heavy atom. The molecule has 2 heterocycles. The number of nitrogens with zero attached hydrogens (tertiary/aromatic N) is 2. The minimum Gasteiger partial charge on any atom is -0.328 e. The Kier molecular flexibility index (Phi) is 7.32. The summed E-state index contributed by atoms with van der Waals surface area (Å²) in [7, 11) is 0. The summed E-state index contributed by atoms with van der Waals surface area (Å²) in [5.41, 5.74) is 8.56. The second-order valence-corrected chi connectivity index (χ2v) is 5.92. The number of benzene rings is 1. The number of fused-ring (bicyclic) bond motifs is 3. The molecule has 0 fully saturated rings. The van der Waals surface area contributed by atoms with Gasteiger partial charge in [-0.1, -0.05) is 6.42 Å². The van der Waals surface area contributed by atoms with Crippen molar-refractivity contribution in [2.45, 2.75) is 51.6 Å². The normalized spacial score (nSPS) is 14.9. The molecule has 1 unspecified atom stereocenters. The second-order valence-electron chi connectivity index (χ2n) is 5.92. The van der Waals surface area contributed by atoms with E-state index in [9.17, 15) is 4.79 Å². The fourth-order valence-corrected chi connectivity index (χ4v) is 2.93. The molecule has 2 aromatic rings. The van der Waals surface area contributed by atoms with Gasteiger partial charge in [0.2, 0.25) is 5.91 Å². The highest BCUT2D eigenvalue weighted by Crippen LogP contribution is 2.24. The van der Waals surface area contributed by atoms with Gasteiger partial charge in [-0.25, -0.2) is 4.98 Å². The monoisotopic (exact) mass is 358 g/mol. The molecule has 1 aliphatic rings. The quantitative estimate of drug-likeness (QED) is 0.883. The number of amides is 1. The lowest BCUT2D eigenvalue weighted by Gasteiger charge is -2.08. The molecule has 1 aliphatic heterocycles. The standard InChI is InChI=1S/C16H22N4O.2ClH/c1-11(17)9-16(21)18-12-6-7-14-13(10-12)19-15-5-3-2-4-8-20(14)15;;/h6-7,10-11H,2-5,8-9,17H2,1H3,(H,18,21);2*1H. The Bertz CT molecular complexity index is 669. The van der Waals surface area contributed by atoms with E-state index in [4.69, 9.17) is 10.7 Å². The van der Waals surface area contributed by atoms with Gasteiger partial charge in [-0.3, -0.25) is 4.79 Å². The molecule has 1 amide bonds. The van der Waals surface area contributed by atoms with Crippen molar-refractivity contribution in [1.82, 2.24) is 9.55 Å². The molecule has 3 rings (SSSR count). The van der Waals surface area contributed by atoms with Gasteiger partial charge in [0.25, 0.3) is 0 Å². The molecule has 5 nitrogen and oxygen atoms in total. The van der Waals surface area contributed by atoms with Crippen molar-refractivity contribution in [3.63, 3.8) is 0 Å². The van der Waals surface area contributed by atoms with Crippen LogP contribution >= 0.6 is 24.8 Å². The van der Waals surface area contributed by atoms with E-state index in [1.54, 1.807) is 0 Å². The number of aryl methyl sites for hydroxylation is 2. The van der Waals surface area contributed by atoms with Crippen LogP contribution in [-0.2, 0) is 17.8 Å². The predicted molar refractivity (Wildman–Crippen MR) is 98.7 cm³/mol. The lowest BCUT2D eigenvalue weighted by molar-refractivity contribution is -0.116. The number of hydrogen-bond acceptors (Lipinski definition) is 3. The lowest BCUT2D eigenvalue weighted by atomic mass is 10.2. The molecular weight excluding hydrogens is 335 g/mol. The van der Waals surface area contributed by atoms with Crippen LogP contribution in [0.15, 0.2) is 18.2 Å². The molecule has 3 N–H and O–H groups in total. The topological polar surface area (TPSA) is 72.9 Å². The first-order valence-corrected chi connectivity index (χ1v) is 7.68. The van der Waals surface area contributed by atoms with E-state index in [1.165, 1.54) is 25.1 Å². The molecule has 0 aliphatic carbocycles. The molecule has 1 atom stereocenters. The maximum atomic E-state index is 11.8. The van der Waals surface area contributed by atoms with Crippen LogP contribution in [0.2, 0.25) is 0 Å². The fraction of sp³-hybridized carbons (Fsp3) is 0.500. The van der Waals surface area contributed by atoms with Gasteiger partial charge in [0, 0.05) is 31.1 Å². The first-order chi connectivity index (χ1) is 10.1. The SMILES string of the molecule is CC(N)CC(=O)Nc1ccc2c(c1)nc1n2CCCCC1.Cl.Cl. The number of rotatable bonds is 3. The van der Waals surface area contributed by atoms with Gasteiger partial charge >= 0.3 is 0 Å². The van der Waals surface area contributed by atoms with Gasteiger partial charge in [-0.05, 0) is 38.0 Å². The van der Waals surface area contributed by atoms with Crippen molar-refractivity contribution in [3.8, 4) is 0 Å². The van der Waals surface area contributed by atoms with Gasteiger partial charge in [0.05, 0.1) is 11.0 Å². The summed E-state index contributed by atoms with van der Waals surface area (Å²) in [6.45, 7) is 2.87. The predicted octanol–water partition coefficient (Wildman–Crippen LogP) is 3.28. The molecule has 0 saturated heterocycles. The highest BCUT2D eigenvalue weighted by Gasteiger charge is 2.14. The third-order valence-corrected chi connectivity index (χ3v) is 3.90. The highest BCUT2D eigenvalue weighted by atomic mass is 35.5. The number of nitrogens with two attached hydrogens (primary N) is 1. The van der Waals surface area contributed by atoms with Crippen LogP contribution in [0.4, 0.5) is 5.69 Å². The smallest absolute Gasteiger partial charge is 0.225 e. The Labute approximate surface area is 148 Å². The van der Waals surface area contributed by atoms with Crippen molar-refractivity contribution in [1.29, 1.82) is 0 Å². The second kappa shape index (κ2) is 8.52. The third-order valence-electron chi connectivity index (χ3n) is 3.90. The van der Waals surface area contributed by atoms with Gasteiger partial charge < -0.3 is 15.6 Å². The first-order valence-electron chi connectivity index (χ1n) is 7.68. The molecule has 23 heavy (non-hydrogen) atoms. The Balaban J connectivity index is 0.00000132. The van der Waals surface area contributed by atoms with Crippen molar-refractivity contribution >= 4 is 47.4 Å². The molecule has 0 saturated carbocycles. The zero-order valence-electron chi connectivity index (χ0n) is 13.2. The largest absolute Gasteiger partial charge is 0.328 e. The summed E-state index contributed by atoms with van der Waals surface area (Å²) in [6, 6.07) is 5.83. The van der Waals surface area contributed by atoms with Crippen LogP contribution in [0.3, 0.4) is 0 Å². The maximum absolute atomic E-state index is 11.8. The lowest BCUT2D eigenvalue weighted by Crippen LogP contribution is -2.23. The molecular formula is C16H24Cl2N4O. The van der Waals surface area contributed by atoms with Gasteiger partial charge in [0.15, 0.2) is 0 Å². The zero-order chi connectivity index (χ0) is 14.8. The number of hydrogen-bond donors (Lipinski definition) is 2. The zero-order valence-corrected chi connectivity index (χ0v) is 14.9. The van der Waals surface area contributed by atoms with Crippen molar-refractivity contribution in [2.24, 2.45) is 5.73 Å². The Morgan fingerprint density at radius 2 is 2.13 bits per heavy atom. The number of imidazole rings is 1. The molecule has 0 bridgehead atoms. The Morgan fingerprint density at radius 1 is 1.35 bits per heavy atom. The highest BCUT2D eigenvalue weighted by molar-refractivity contribution is 5.93. The summed E-state index contributed by atoms with van der Waals surface area (Å²) in [5.74, 6) is 1.12. The Hall–Kier alpha value is -1.30. The summed E-state index contributed by atoms with van der Waals surface area (Å²) in [4.78, 5) is 16.5. The van der Waals surface area contributed by atoms with Gasteiger partial charge in [-0.2, -0.15) is 0 Å². The van der Waals surface area contributed by atoms with E-state index in [0.717, 1.165) is 29.7 Å². The van der Waals surface area contributed by atoms with E-state index in [2.05, 4.69) is 16.0 Å². The first kappa shape index (κ1) is 19.7. The molecule has 0 spiro atoms. The minimum atomic E-state index is -0.127. The van der Waals surface area contributed by atoms with E-state index < -0.39 is 0 Å². The van der Waals surface area contributed by atoms with Gasteiger partial charge in [-0.15, -0.1) is 24.8 Å². The van der Waals surface area contributed by atoms with Crippen LogP contribution < -0.4 is 11.1 Å². The number of nitrogens with one attached hydrogen (secondary N) is 1. The number of halogens is 2. The van der Waals surface area contributed by atoms with Crippen LogP contribution in [0.5, 0.6) is 0 Å². The van der Waals surface area contributed by atoms with Gasteiger partial charge in [0.1, 0.15) is 5.82 Å². The number of carbonyl (C=O) groups is 1. The molecule has 7 heteroatoms. The van der Waals surface area contributed by atoms with Crippen molar-refractivity contribution in [2.75, 3.05) is 5.32 Å². The molecule has 128 valence electrons. The number of anilines is 1. The average molecular weight is 359 g/mol. The van der Waals surface area contributed by atoms with Crippen molar-refractivity contribution < 1.29 is 4.79 Å². The molecule has 1 aromatic carbocycles. The summed E-state index contributed by atoms with van der Waals surface area (Å²) >= 11 is 0. The van der Waals surface area contributed by atoms with E-state index in [-0.39, 0.29) is 36.8 Å². The van der Waals surface area contributed by atoms with Crippen LogP contribution in [0.25, 0.3) is 11.0 Å². The van der Waals surface area contributed by atoms with E-state index in [1.807, 2.05) is 19.1 Å². The van der Waals surface area contributed by atoms with Crippen LogP contribution in [0, 0.1) is 0 Å². The van der Waals surface area contributed by atoms with Crippen LogP contribution in [-0.4, -0.2) is 21.5 Å². The minimum absolute atomic E-state index is 0. The number of carbonyl (C=O) groups excluding carboxylic acids is 1. The van der Waals surface area contributed by atoms with Crippen LogP contribution in [0.1, 0.15) is 38.4 Å². The third kappa shape index (κ3) is 4.59. The van der Waals surface area contributed by atoms with E-state index >= 15 is 0 Å². The fourth-order valence-electron chi connectivity index (χ4n) is 2.93. The molecule has 0 radical (unpaired) electrons. The number of aromatic nitrogens is 2. The average Bonchev–Trinajstić information content (AvgIpc) is 2.59. The van der Waals surface area contributed by atoms with E-state index in [0.29, 0.717) is 6.42 Å². The summed E-state index contributed by atoms with van der Waals surface area (Å²) < 4.78 is 2.32. The van der Waals surface area contributed by atoms with Crippen molar-refractivity contribution in [3.05, 3.63) is 24.0 Å². The molecule has 1 aromatic heterocycles. The maximum Gasteiger partial charge on any atom is 0.225 e. The summed E-state index contributed by atoms with van der Waals surface area (Å²) in [6.07, 6.45) is 5.07.